The van der Waals surface area contributed by atoms with Crippen LogP contribution in [0.3, 0.4) is 0 Å². The summed E-state index contributed by atoms with van der Waals surface area (Å²) >= 11 is 1.85. The summed E-state index contributed by atoms with van der Waals surface area (Å²) in [6, 6.07) is 18.9. The summed E-state index contributed by atoms with van der Waals surface area (Å²) in [6.45, 7) is 0.701. The molecule has 0 radical (unpaired) electrons. The van der Waals surface area contributed by atoms with E-state index in [0.29, 0.717) is 6.61 Å². The second-order valence-corrected chi connectivity index (χ2v) is 5.41. The maximum absolute atomic E-state index is 5.11. The first kappa shape index (κ1) is 12.3. The second-order valence-electron chi connectivity index (χ2n) is 4.39. The molecular weight excluding hydrogens is 254 g/mol. The Morgan fingerprint density at radius 3 is 2.58 bits per heavy atom. The molecule has 0 aromatic heterocycles. The normalized spacial score (nSPS) is 14.0. The van der Waals surface area contributed by atoms with E-state index >= 15 is 0 Å². The van der Waals surface area contributed by atoms with Crippen LogP contribution in [0.1, 0.15) is 17.5 Å². The van der Waals surface area contributed by atoms with Crippen LogP contribution in [0.2, 0.25) is 0 Å². The largest absolute Gasteiger partial charge is 0.395 e. The first-order valence-corrected chi connectivity index (χ1v) is 7.37. The predicted octanol–water partition coefficient (Wildman–Crippen LogP) is 4.10. The number of benzene rings is 2. The van der Waals surface area contributed by atoms with Gasteiger partial charge in [-0.25, -0.2) is 0 Å². The van der Waals surface area contributed by atoms with Gasteiger partial charge in [-0.15, -0.1) is 11.8 Å². The van der Waals surface area contributed by atoms with E-state index in [1.54, 1.807) is 0 Å². The Morgan fingerprint density at radius 2 is 1.79 bits per heavy atom. The van der Waals surface area contributed by atoms with E-state index in [-0.39, 0.29) is 0 Å². The van der Waals surface area contributed by atoms with Crippen LogP contribution < -0.4 is 0 Å². The van der Waals surface area contributed by atoms with Gasteiger partial charge in [0.1, 0.15) is 6.61 Å². The maximum Gasteiger partial charge on any atom is 0.122 e. The van der Waals surface area contributed by atoms with Crippen molar-refractivity contribution >= 4 is 17.5 Å². The Bertz CT molecular complexity index is 580. The fraction of sp³-hybridized carbons (Fsp3) is 0.188. The lowest BCUT2D eigenvalue weighted by atomic mass is 10.1. The fourth-order valence-electron chi connectivity index (χ4n) is 2.06. The lowest BCUT2D eigenvalue weighted by molar-refractivity contribution is 0.174. The zero-order valence-corrected chi connectivity index (χ0v) is 11.4. The van der Waals surface area contributed by atoms with Gasteiger partial charge in [0.2, 0.25) is 0 Å². The molecule has 2 aromatic carbocycles. The van der Waals surface area contributed by atoms with Crippen LogP contribution in [-0.4, -0.2) is 12.3 Å². The Kier molecular flexibility index (Phi) is 3.84. The van der Waals surface area contributed by atoms with Crippen LogP contribution in [0, 0.1) is 0 Å². The predicted molar refractivity (Wildman–Crippen MR) is 79.6 cm³/mol. The van der Waals surface area contributed by atoms with Gasteiger partial charge in [0.05, 0.1) is 5.71 Å². The number of oxime groups is 1. The van der Waals surface area contributed by atoms with Crippen molar-refractivity contribution in [1.29, 1.82) is 0 Å². The SMILES string of the molecule is c1ccc(CSc2ccccc2C2=NOCC2)cc1. The van der Waals surface area contributed by atoms with Gasteiger partial charge in [-0.1, -0.05) is 53.7 Å². The number of thioether (sulfide) groups is 1. The van der Waals surface area contributed by atoms with Crippen LogP contribution in [0.15, 0.2) is 64.6 Å². The summed E-state index contributed by atoms with van der Waals surface area (Å²) < 4.78 is 0. The molecule has 1 heterocycles. The van der Waals surface area contributed by atoms with Crippen molar-refractivity contribution in [2.45, 2.75) is 17.1 Å². The highest BCUT2D eigenvalue weighted by atomic mass is 32.2. The van der Waals surface area contributed by atoms with Gasteiger partial charge in [0.15, 0.2) is 0 Å². The Labute approximate surface area is 117 Å². The van der Waals surface area contributed by atoms with E-state index < -0.39 is 0 Å². The van der Waals surface area contributed by atoms with Gasteiger partial charge in [-0.05, 0) is 11.6 Å². The van der Waals surface area contributed by atoms with Crippen molar-refractivity contribution in [2.75, 3.05) is 6.61 Å². The summed E-state index contributed by atoms with van der Waals surface area (Å²) in [5.41, 5.74) is 3.61. The first-order chi connectivity index (χ1) is 9.43. The number of rotatable bonds is 4. The van der Waals surface area contributed by atoms with Crippen LogP contribution in [0.25, 0.3) is 0 Å². The summed E-state index contributed by atoms with van der Waals surface area (Å²) in [5.74, 6) is 0.978. The van der Waals surface area contributed by atoms with Crippen molar-refractivity contribution in [3.63, 3.8) is 0 Å². The molecule has 0 aliphatic carbocycles. The van der Waals surface area contributed by atoms with Crippen LogP contribution >= 0.6 is 11.8 Å². The molecule has 0 N–H and O–H groups in total. The molecule has 0 spiro atoms. The van der Waals surface area contributed by atoms with Crippen LogP contribution in [-0.2, 0) is 10.6 Å². The summed E-state index contributed by atoms with van der Waals surface area (Å²) in [7, 11) is 0. The number of hydrogen-bond donors (Lipinski definition) is 0. The van der Waals surface area contributed by atoms with E-state index in [0.717, 1.165) is 17.9 Å². The minimum atomic E-state index is 0.701. The third-order valence-electron chi connectivity index (χ3n) is 3.04. The molecule has 2 aromatic rings. The fourth-order valence-corrected chi connectivity index (χ4v) is 3.09. The highest BCUT2D eigenvalue weighted by molar-refractivity contribution is 7.98. The number of nitrogens with zero attached hydrogens (tertiary/aromatic N) is 1. The Balaban J connectivity index is 1.77. The molecule has 96 valence electrons. The molecule has 1 aliphatic rings. The van der Waals surface area contributed by atoms with Crippen molar-refractivity contribution < 1.29 is 4.84 Å². The third kappa shape index (κ3) is 2.99. The lowest BCUT2D eigenvalue weighted by Gasteiger charge is -2.07. The standard InChI is InChI=1S/C16H15NOS/c1-2-6-13(7-3-1)12-19-16-9-5-4-8-14(16)15-10-11-18-17-15/h1-9H,10-12H2. The first-order valence-electron chi connectivity index (χ1n) is 6.38. The lowest BCUT2D eigenvalue weighted by Crippen LogP contribution is -1.99. The molecule has 2 nitrogen and oxygen atoms in total. The van der Waals surface area contributed by atoms with Gasteiger partial charge < -0.3 is 4.84 Å². The zero-order chi connectivity index (χ0) is 12.9. The smallest absolute Gasteiger partial charge is 0.122 e. The minimum Gasteiger partial charge on any atom is -0.395 e. The molecule has 0 fully saturated rings. The van der Waals surface area contributed by atoms with E-state index in [1.807, 2.05) is 17.8 Å². The van der Waals surface area contributed by atoms with Gasteiger partial charge in [0, 0.05) is 22.6 Å². The third-order valence-corrected chi connectivity index (χ3v) is 4.18. The van der Waals surface area contributed by atoms with Crippen molar-refractivity contribution in [3.05, 3.63) is 65.7 Å². The summed E-state index contributed by atoms with van der Waals surface area (Å²) in [4.78, 5) is 6.38. The van der Waals surface area contributed by atoms with Crippen molar-refractivity contribution in [2.24, 2.45) is 5.16 Å². The topological polar surface area (TPSA) is 21.6 Å². The van der Waals surface area contributed by atoms with Gasteiger partial charge in [-0.2, -0.15) is 0 Å². The molecule has 0 unspecified atom stereocenters. The summed E-state index contributed by atoms with van der Waals surface area (Å²) in [6.07, 6.45) is 0.906. The molecule has 3 heteroatoms. The van der Waals surface area contributed by atoms with Gasteiger partial charge in [-0.3, -0.25) is 0 Å². The summed E-state index contributed by atoms with van der Waals surface area (Å²) in [5, 5.41) is 4.12. The molecule has 0 saturated carbocycles. The Morgan fingerprint density at radius 1 is 1.00 bits per heavy atom. The zero-order valence-electron chi connectivity index (χ0n) is 10.6. The van der Waals surface area contributed by atoms with E-state index in [1.165, 1.54) is 16.0 Å². The molecule has 0 amide bonds. The maximum atomic E-state index is 5.11. The molecular formula is C16H15NOS. The molecule has 0 bridgehead atoms. The van der Waals surface area contributed by atoms with E-state index in [2.05, 4.69) is 53.7 Å². The highest BCUT2D eigenvalue weighted by Crippen LogP contribution is 2.28. The van der Waals surface area contributed by atoms with Gasteiger partial charge in [0.25, 0.3) is 0 Å². The molecule has 0 saturated heterocycles. The number of hydrogen-bond acceptors (Lipinski definition) is 3. The minimum absolute atomic E-state index is 0.701. The quantitative estimate of drug-likeness (QED) is 0.779. The monoisotopic (exact) mass is 269 g/mol. The van der Waals surface area contributed by atoms with Gasteiger partial charge >= 0.3 is 0 Å². The van der Waals surface area contributed by atoms with E-state index in [4.69, 9.17) is 4.84 Å². The molecule has 0 atom stereocenters. The second kappa shape index (κ2) is 5.93. The van der Waals surface area contributed by atoms with E-state index in [9.17, 15) is 0 Å². The molecule has 19 heavy (non-hydrogen) atoms. The van der Waals surface area contributed by atoms with Crippen LogP contribution in [0.5, 0.6) is 0 Å². The molecule has 3 rings (SSSR count). The van der Waals surface area contributed by atoms with Crippen molar-refractivity contribution in [3.8, 4) is 0 Å². The average molecular weight is 269 g/mol. The van der Waals surface area contributed by atoms with Crippen LogP contribution in [0.4, 0.5) is 0 Å². The van der Waals surface area contributed by atoms with Crippen molar-refractivity contribution in [1.82, 2.24) is 0 Å². The molecule has 1 aliphatic heterocycles. The average Bonchev–Trinajstić information content (AvgIpc) is 3.01. The Hall–Kier alpha value is -1.74. The highest BCUT2D eigenvalue weighted by Gasteiger charge is 2.14.